The molecule has 0 amide bonds. The fourth-order valence-electron chi connectivity index (χ4n) is 1.45. The second kappa shape index (κ2) is 12.7. The molecule has 1 atom stereocenters. The van der Waals surface area contributed by atoms with Crippen molar-refractivity contribution in [3.63, 3.8) is 0 Å². The van der Waals surface area contributed by atoms with Gasteiger partial charge < -0.3 is 8.98 Å². The number of carbonyl (C=O) groups is 2. The summed E-state index contributed by atoms with van der Waals surface area (Å²) in [7, 11) is 0. The van der Waals surface area contributed by atoms with Crippen LogP contribution in [0.5, 0.6) is 0 Å². The maximum absolute atomic E-state index is 11.2. The van der Waals surface area contributed by atoms with E-state index < -0.39 is 17.3 Å². The second-order valence-corrected chi connectivity index (χ2v) is 4.79. The molecule has 0 aromatic rings. The van der Waals surface area contributed by atoms with E-state index in [0.717, 1.165) is 19.3 Å². The van der Waals surface area contributed by atoms with Gasteiger partial charge in [-0.3, -0.25) is 8.98 Å². The van der Waals surface area contributed by atoms with Crippen molar-refractivity contribution in [1.82, 2.24) is 0 Å². The Morgan fingerprint density at radius 3 is 2.33 bits per heavy atom. The molecule has 0 rings (SSSR count). The smallest absolute Gasteiger partial charge is 0.343 e. The van der Waals surface area contributed by atoms with E-state index in [9.17, 15) is 13.8 Å². The first-order valence-electron chi connectivity index (χ1n) is 6.40. The van der Waals surface area contributed by atoms with Gasteiger partial charge in [-0.05, 0) is 6.42 Å². The Bertz CT molecular complexity index is 255. The van der Waals surface area contributed by atoms with E-state index in [2.05, 4.69) is 15.3 Å². The van der Waals surface area contributed by atoms with E-state index in [1.54, 1.807) is 0 Å². The number of hydrogen-bond donors (Lipinski definition) is 0. The van der Waals surface area contributed by atoms with Crippen molar-refractivity contribution < 1.29 is 22.2 Å². The highest BCUT2D eigenvalue weighted by Crippen LogP contribution is 2.09. The van der Waals surface area contributed by atoms with Gasteiger partial charge in [0.05, 0.1) is 0 Å². The molecule has 0 saturated carbocycles. The third-order valence-corrected chi connectivity index (χ3v) is 3.03. The van der Waals surface area contributed by atoms with Gasteiger partial charge in [-0.25, -0.2) is 0 Å². The van der Waals surface area contributed by atoms with Crippen LogP contribution in [0.3, 0.4) is 0 Å². The summed E-state index contributed by atoms with van der Waals surface area (Å²) in [5.74, 6) is -0.548. The third kappa shape index (κ3) is 11.7. The lowest BCUT2D eigenvalue weighted by Gasteiger charge is -2.02. The van der Waals surface area contributed by atoms with E-state index >= 15 is 0 Å². The monoisotopic (exact) mass is 278 g/mol. The predicted octanol–water partition coefficient (Wildman–Crippen LogP) is 2.46. The van der Waals surface area contributed by atoms with Crippen molar-refractivity contribution in [1.29, 1.82) is 0 Å². The van der Waals surface area contributed by atoms with Gasteiger partial charge in [-0.1, -0.05) is 45.4 Å². The zero-order chi connectivity index (χ0) is 13.6. The Morgan fingerprint density at radius 2 is 1.72 bits per heavy atom. The molecule has 0 heterocycles. The predicted molar refractivity (Wildman–Crippen MR) is 68.9 cm³/mol. The molecule has 106 valence electrons. The molecule has 0 N–H and O–H groups in total. The Kier molecular flexibility index (Phi) is 12.2. The molecule has 18 heavy (non-hydrogen) atoms. The number of rotatable bonds is 12. The van der Waals surface area contributed by atoms with Crippen LogP contribution in [0.25, 0.3) is 0 Å². The quantitative estimate of drug-likeness (QED) is 0.405. The van der Waals surface area contributed by atoms with Gasteiger partial charge in [0.2, 0.25) is 0 Å². The van der Waals surface area contributed by atoms with Crippen molar-refractivity contribution in [2.75, 3.05) is 6.61 Å². The highest BCUT2D eigenvalue weighted by Gasteiger charge is 2.09. The molecule has 0 saturated heterocycles. The Morgan fingerprint density at radius 1 is 1.11 bits per heavy atom. The molecular formula is C12H22O5S. The van der Waals surface area contributed by atoms with Gasteiger partial charge in [0.15, 0.2) is 0 Å². The van der Waals surface area contributed by atoms with E-state index in [1.165, 1.54) is 25.7 Å². The molecule has 6 heteroatoms. The minimum Gasteiger partial charge on any atom is -0.343 e. The van der Waals surface area contributed by atoms with Crippen LogP contribution >= 0.6 is 0 Å². The Hall–Kier alpha value is -0.750. The molecule has 0 fully saturated rings. The molecule has 0 aromatic carbocycles. The Labute approximate surface area is 111 Å². The van der Waals surface area contributed by atoms with Gasteiger partial charge in [0, 0.05) is 6.42 Å². The van der Waals surface area contributed by atoms with Gasteiger partial charge in [-0.2, -0.15) is 4.21 Å². The summed E-state index contributed by atoms with van der Waals surface area (Å²) in [5.41, 5.74) is 0. The standard InChI is InChI=1S/C12H22O5S/c1-2-3-4-5-6-7-8-9-12(14)17-18(15)16-11-10-13/h10H,2-9,11H2,1H3. The van der Waals surface area contributed by atoms with Gasteiger partial charge in [-0.15, -0.1) is 0 Å². The number of aldehydes is 1. The molecule has 0 bridgehead atoms. The van der Waals surface area contributed by atoms with E-state index in [1.807, 2.05) is 0 Å². The van der Waals surface area contributed by atoms with Crippen LogP contribution < -0.4 is 0 Å². The van der Waals surface area contributed by atoms with Crippen LogP contribution in [0.15, 0.2) is 0 Å². The summed E-state index contributed by atoms with van der Waals surface area (Å²) in [5, 5.41) is 0. The number of carbonyl (C=O) groups excluding carboxylic acids is 2. The summed E-state index contributed by atoms with van der Waals surface area (Å²) in [4.78, 5) is 21.1. The first-order chi connectivity index (χ1) is 8.70. The Balaban J connectivity index is 3.36. The van der Waals surface area contributed by atoms with Crippen LogP contribution in [0.4, 0.5) is 0 Å². The summed E-state index contributed by atoms with van der Waals surface area (Å²) >= 11 is -2.14. The first-order valence-corrected chi connectivity index (χ1v) is 7.40. The average molecular weight is 278 g/mol. The lowest BCUT2D eigenvalue weighted by molar-refractivity contribution is -0.134. The topological polar surface area (TPSA) is 69.7 Å². The normalized spacial score (nSPS) is 12.1. The first kappa shape index (κ1) is 17.2. The maximum atomic E-state index is 11.2. The average Bonchev–Trinajstić information content (AvgIpc) is 2.35. The fraction of sp³-hybridized carbons (Fsp3) is 0.833. The van der Waals surface area contributed by atoms with E-state index in [0.29, 0.717) is 6.29 Å². The zero-order valence-electron chi connectivity index (χ0n) is 10.9. The molecule has 5 nitrogen and oxygen atoms in total. The van der Waals surface area contributed by atoms with Gasteiger partial charge >= 0.3 is 17.3 Å². The lowest BCUT2D eigenvalue weighted by atomic mass is 10.1. The van der Waals surface area contributed by atoms with E-state index in [4.69, 9.17) is 0 Å². The minimum absolute atomic E-state index is 0.240. The second-order valence-electron chi connectivity index (χ2n) is 3.98. The molecule has 0 aromatic heterocycles. The number of hydrogen-bond acceptors (Lipinski definition) is 5. The molecular weight excluding hydrogens is 256 g/mol. The summed E-state index contributed by atoms with van der Waals surface area (Å²) in [6.45, 7) is 1.83. The number of unbranched alkanes of at least 4 members (excludes halogenated alkanes) is 6. The minimum atomic E-state index is -2.14. The van der Waals surface area contributed by atoms with Crippen LogP contribution in [-0.2, 0) is 29.3 Å². The summed E-state index contributed by atoms with van der Waals surface area (Å²) in [6.07, 6.45) is 8.41. The van der Waals surface area contributed by atoms with Crippen molar-refractivity contribution in [2.45, 2.75) is 58.3 Å². The van der Waals surface area contributed by atoms with Crippen LogP contribution in [0.2, 0.25) is 0 Å². The molecule has 0 spiro atoms. The van der Waals surface area contributed by atoms with Crippen molar-refractivity contribution in [3.8, 4) is 0 Å². The third-order valence-electron chi connectivity index (χ3n) is 2.38. The lowest BCUT2D eigenvalue weighted by Crippen LogP contribution is -2.10. The van der Waals surface area contributed by atoms with Crippen LogP contribution in [0, 0.1) is 0 Å². The SMILES string of the molecule is CCCCCCCCCC(=O)OS(=O)OCC=O. The summed E-state index contributed by atoms with van der Waals surface area (Å²) < 4.78 is 19.8. The highest BCUT2D eigenvalue weighted by atomic mass is 32.2. The fourth-order valence-corrected chi connectivity index (χ4v) is 1.90. The van der Waals surface area contributed by atoms with Gasteiger partial charge in [0.25, 0.3) is 0 Å². The largest absolute Gasteiger partial charge is 0.363 e. The van der Waals surface area contributed by atoms with Crippen molar-refractivity contribution >= 4 is 23.6 Å². The molecule has 0 radical (unpaired) electrons. The maximum Gasteiger partial charge on any atom is 0.363 e. The van der Waals surface area contributed by atoms with Crippen molar-refractivity contribution in [3.05, 3.63) is 0 Å². The molecule has 1 unspecified atom stereocenters. The highest BCUT2D eigenvalue weighted by molar-refractivity contribution is 7.75. The van der Waals surface area contributed by atoms with Gasteiger partial charge in [0.1, 0.15) is 12.9 Å². The van der Waals surface area contributed by atoms with Crippen LogP contribution in [-0.4, -0.2) is 23.1 Å². The van der Waals surface area contributed by atoms with E-state index in [-0.39, 0.29) is 13.0 Å². The van der Waals surface area contributed by atoms with Crippen LogP contribution in [0.1, 0.15) is 58.3 Å². The van der Waals surface area contributed by atoms with Crippen molar-refractivity contribution in [2.24, 2.45) is 0 Å². The molecule has 0 aliphatic rings. The zero-order valence-corrected chi connectivity index (χ0v) is 11.7. The molecule has 0 aliphatic heterocycles. The summed E-state index contributed by atoms with van der Waals surface area (Å²) in [6, 6.07) is 0. The molecule has 0 aliphatic carbocycles.